The van der Waals surface area contributed by atoms with E-state index < -0.39 is 5.91 Å². The van der Waals surface area contributed by atoms with Gasteiger partial charge in [-0.15, -0.1) is 0 Å². The third-order valence-electron chi connectivity index (χ3n) is 4.64. The molecular weight excluding hydrogens is 332 g/mol. The second-order valence-electron chi connectivity index (χ2n) is 6.40. The Labute approximate surface area is 151 Å². The second-order valence-corrected chi connectivity index (χ2v) is 6.40. The van der Waals surface area contributed by atoms with Gasteiger partial charge in [-0.1, -0.05) is 12.5 Å². The van der Waals surface area contributed by atoms with E-state index in [1.165, 1.54) is 6.20 Å². The van der Waals surface area contributed by atoms with Crippen LogP contribution >= 0.6 is 0 Å². The van der Waals surface area contributed by atoms with Gasteiger partial charge in [0, 0.05) is 17.5 Å². The number of carbonyl (C=O) groups is 2. The van der Waals surface area contributed by atoms with E-state index in [2.05, 4.69) is 10.3 Å². The number of benzene rings is 1. The number of pyridine rings is 1. The number of anilines is 1. The molecule has 2 aromatic rings. The Kier molecular flexibility index (Phi) is 5.48. The molecule has 1 aliphatic carbocycles. The van der Waals surface area contributed by atoms with Crippen LogP contribution < -0.4 is 21.5 Å². The molecule has 2 amide bonds. The number of nitrogens with two attached hydrogens (primary N) is 2. The van der Waals surface area contributed by atoms with Gasteiger partial charge in [-0.3, -0.25) is 9.59 Å². The Morgan fingerprint density at radius 3 is 2.77 bits per heavy atom. The number of nitrogens with zero attached hydrogens (tertiary/aromatic N) is 1. The van der Waals surface area contributed by atoms with Crippen molar-refractivity contribution in [1.82, 2.24) is 4.98 Å². The predicted molar refractivity (Wildman–Crippen MR) is 97.8 cm³/mol. The van der Waals surface area contributed by atoms with Crippen LogP contribution in [0.15, 0.2) is 42.6 Å². The van der Waals surface area contributed by atoms with Gasteiger partial charge in [-0.2, -0.15) is 0 Å². The molecule has 7 nitrogen and oxygen atoms in total. The summed E-state index contributed by atoms with van der Waals surface area (Å²) in [6.07, 6.45) is 4.45. The highest BCUT2D eigenvalue weighted by atomic mass is 16.5. The fourth-order valence-electron chi connectivity index (χ4n) is 3.25. The van der Waals surface area contributed by atoms with Gasteiger partial charge in [0.25, 0.3) is 0 Å². The highest BCUT2D eigenvalue weighted by molar-refractivity contribution is 5.93. The van der Waals surface area contributed by atoms with E-state index in [9.17, 15) is 9.59 Å². The lowest BCUT2D eigenvalue weighted by molar-refractivity contribution is -0.120. The van der Waals surface area contributed by atoms with Crippen LogP contribution in [0.2, 0.25) is 0 Å². The van der Waals surface area contributed by atoms with Gasteiger partial charge in [0.05, 0.1) is 11.9 Å². The van der Waals surface area contributed by atoms with Gasteiger partial charge < -0.3 is 21.5 Å². The summed E-state index contributed by atoms with van der Waals surface area (Å²) in [7, 11) is 0. The van der Waals surface area contributed by atoms with Crippen LogP contribution in [0.3, 0.4) is 0 Å². The summed E-state index contributed by atoms with van der Waals surface area (Å²) in [4.78, 5) is 27.8. The Balaban J connectivity index is 1.62. The van der Waals surface area contributed by atoms with E-state index in [-0.39, 0.29) is 17.7 Å². The number of rotatable bonds is 6. The number of primary amides is 1. The summed E-state index contributed by atoms with van der Waals surface area (Å²) in [6.45, 7) is 0.535. The molecule has 0 saturated heterocycles. The Morgan fingerprint density at radius 2 is 2.08 bits per heavy atom. The van der Waals surface area contributed by atoms with Gasteiger partial charge >= 0.3 is 0 Å². The van der Waals surface area contributed by atoms with Crippen LogP contribution in [0.25, 0.3) is 0 Å². The van der Waals surface area contributed by atoms with Crippen molar-refractivity contribution in [2.24, 2.45) is 23.3 Å². The number of nitrogens with one attached hydrogen (secondary N) is 1. The number of ether oxygens (including phenoxy) is 1. The van der Waals surface area contributed by atoms with Crippen LogP contribution in [-0.2, 0) is 4.79 Å². The molecule has 1 saturated carbocycles. The summed E-state index contributed by atoms with van der Waals surface area (Å²) >= 11 is 0. The molecule has 0 spiro atoms. The molecule has 26 heavy (non-hydrogen) atoms. The first-order valence-electron chi connectivity index (χ1n) is 8.61. The lowest BCUT2D eigenvalue weighted by Gasteiger charge is -2.17. The average Bonchev–Trinajstić information content (AvgIpc) is 3.12. The van der Waals surface area contributed by atoms with Crippen molar-refractivity contribution in [2.45, 2.75) is 19.3 Å². The first-order chi connectivity index (χ1) is 12.6. The molecule has 1 aromatic heterocycles. The molecule has 0 aliphatic heterocycles. The maximum Gasteiger partial charge on any atom is 0.248 e. The van der Waals surface area contributed by atoms with Crippen LogP contribution in [0.5, 0.6) is 11.6 Å². The van der Waals surface area contributed by atoms with E-state index >= 15 is 0 Å². The van der Waals surface area contributed by atoms with Crippen molar-refractivity contribution in [1.29, 1.82) is 0 Å². The highest BCUT2D eigenvalue weighted by Crippen LogP contribution is 2.32. The van der Waals surface area contributed by atoms with E-state index in [0.717, 1.165) is 19.3 Å². The van der Waals surface area contributed by atoms with Gasteiger partial charge in [0.1, 0.15) is 5.75 Å². The number of aromatic nitrogens is 1. The summed E-state index contributed by atoms with van der Waals surface area (Å²) in [6, 6.07) is 9.92. The molecule has 2 atom stereocenters. The third kappa shape index (κ3) is 4.18. The van der Waals surface area contributed by atoms with E-state index in [1.807, 2.05) is 0 Å². The Bertz CT molecular complexity index is 792. The smallest absolute Gasteiger partial charge is 0.248 e. The quantitative estimate of drug-likeness (QED) is 0.735. The molecule has 7 heteroatoms. The molecule has 1 heterocycles. The zero-order valence-corrected chi connectivity index (χ0v) is 14.4. The maximum absolute atomic E-state index is 12.4. The number of hydrogen-bond acceptors (Lipinski definition) is 5. The van der Waals surface area contributed by atoms with Crippen molar-refractivity contribution in [3.05, 3.63) is 48.2 Å². The van der Waals surface area contributed by atoms with Crippen molar-refractivity contribution in [3.63, 3.8) is 0 Å². The summed E-state index contributed by atoms with van der Waals surface area (Å²) in [5, 5.41) is 2.89. The molecule has 136 valence electrons. The van der Waals surface area contributed by atoms with E-state index in [1.54, 1.807) is 36.4 Å². The SMILES string of the molecule is NC[C@H]1CCC[C@H]1C(=O)Nc1ccc(Oc2cccc(C(N)=O)c2)nc1. The standard InChI is InChI=1S/C19H22N4O3/c20-10-13-4-2-6-16(13)19(25)23-14-7-8-17(22-11-14)26-15-5-1-3-12(9-15)18(21)24/h1,3,5,7-9,11,13,16H,2,4,6,10,20H2,(H2,21,24)(H,23,25)/t13-,16-/m1/s1. The minimum absolute atomic E-state index is 0.0115. The fourth-order valence-corrected chi connectivity index (χ4v) is 3.25. The van der Waals surface area contributed by atoms with Gasteiger partial charge in [-0.25, -0.2) is 4.98 Å². The predicted octanol–water partition coefficient (Wildman–Crippen LogP) is 2.29. The third-order valence-corrected chi connectivity index (χ3v) is 4.64. The van der Waals surface area contributed by atoms with Crippen molar-refractivity contribution >= 4 is 17.5 Å². The summed E-state index contributed by atoms with van der Waals surface area (Å²) in [5.41, 5.74) is 12.0. The second kappa shape index (κ2) is 7.97. The Morgan fingerprint density at radius 1 is 1.23 bits per heavy atom. The molecule has 5 N–H and O–H groups in total. The van der Waals surface area contributed by atoms with Gasteiger partial charge in [0.15, 0.2) is 0 Å². The number of carbonyl (C=O) groups excluding carboxylic acids is 2. The average molecular weight is 354 g/mol. The van der Waals surface area contributed by atoms with E-state index in [4.69, 9.17) is 16.2 Å². The van der Waals surface area contributed by atoms with Gasteiger partial charge in [-0.05, 0) is 49.6 Å². The lowest BCUT2D eigenvalue weighted by Crippen LogP contribution is -2.29. The molecule has 0 radical (unpaired) electrons. The Hall–Kier alpha value is -2.93. The van der Waals surface area contributed by atoms with Crippen molar-refractivity contribution in [2.75, 3.05) is 11.9 Å². The first-order valence-corrected chi connectivity index (χ1v) is 8.61. The van der Waals surface area contributed by atoms with Gasteiger partial charge in [0.2, 0.25) is 17.7 Å². The van der Waals surface area contributed by atoms with Crippen molar-refractivity contribution < 1.29 is 14.3 Å². The topological polar surface area (TPSA) is 120 Å². The van der Waals surface area contributed by atoms with Crippen LogP contribution in [0, 0.1) is 11.8 Å². The number of amides is 2. The minimum Gasteiger partial charge on any atom is -0.439 e. The fraction of sp³-hybridized carbons (Fsp3) is 0.316. The molecule has 1 aromatic carbocycles. The van der Waals surface area contributed by atoms with Crippen LogP contribution in [0.4, 0.5) is 5.69 Å². The molecule has 1 aliphatic rings. The van der Waals surface area contributed by atoms with Crippen LogP contribution in [-0.4, -0.2) is 23.3 Å². The minimum atomic E-state index is -0.524. The summed E-state index contributed by atoms with van der Waals surface area (Å²) < 4.78 is 5.62. The van der Waals surface area contributed by atoms with Crippen LogP contribution in [0.1, 0.15) is 29.6 Å². The maximum atomic E-state index is 12.4. The molecule has 1 fully saturated rings. The molecule has 0 bridgehead atoms. The zero-order valence-electron chi connectivity index (χ0n) is 14.4. The normalized spacial score (nSPS) is 19.1. The number of hydrogen-bond donors (Lipinski definition) is 3. The monoisotopic (exact) mass is 354 g/mol. The summed E-state index contributed by atoms with van der Waals surface area (Å²) in [5.74, 6) is 0.495. The van der Waals surface area contributed by atoms with Crippen molar-refractivity contribution in [3.8, 4) is 11.6 Å². The molecule has 3 rings (SSSR count). The highest BCUT2D eigenvalue weighted by Gasteiger charge is 2.31. The molecule has 0 unspecified atom stereocenters. The largest absolute Gasteiger partial charge is 0.439 e. The zero-order chi connectivity index (χ0) is 18.5. The van der Waals surface area contributed by atoms with E-state index in [0.29, 0.717) is 29.4 Å². The molecular formula is C19H22N4O3. The lowest BCUT2D eigenvalue weighted by atomic mass is 9.95. The first kappa shape index (κ1) is 17.9.